The minimum Gasteiger partial charge on any atom is -0.465 e. The van der Waals surface area contributed by atoms with Gasteiger partial charge in [-0.25, -0.2) is 4.99 Å². The Bertz CT molecular complexity index is 1630. The van der Waals surface area contributed by atoms with Crippen molar-refractivity contribution in [2.75, 3.05) is 0 Å². The Morgan fingerprint density at radius 2 is 1.91 bits per heavy atom. The lowest BCUT2D eigenvalue weighted by molar-refractivity contribution is -0.132. The summed E-state index contributed by atoms with van der Waals surface area (Å²) in [5, 5.41) is 0. The summed E-state index contributed by atoms with van der Waals surface area (Å²) in [7, 11) is 0. The number of carbonyl (C=O) groups is 1. The normalized spacial score (nSPS) is 23.0. The zero-order chi connectivity index (χ0) is 23.6. The van der Waals surface area contributed by atoms with E-state index in [4.69, 9.17) is 14.1 Å². The highest BCUT2D eigenvalue weighted by atomic mass is 79.9. The van der Waals surface area contributed by atoms with E-state index in [0.717, 1.165) is 15.6 Å². The quantitative estimate of drug-likeness (QED) is 0.392. The Balaban J connectivity index is 1.51. The Morgan fingerprint density at radius 1 is 1.15 bits per heavy atom. The first kappa shape index (κ1) is 21.3. The van der Waals surface area contributed by atoms with Gasteiger partial charge in [-0.2, -0.15) is 0 Å². The molecule has 6 nitrogen and oxygen atoms in total. The van der Waals surface area contributed by atoms with E-state index in [1.807, 2.05) is 67.6 Å². The predicted octanol–water partition coefficient (Wildman–Crippen LogP) is 4.30. The van der Waals surface area contributed by atoms with Gasteiger partial charge in [0.1, 0.15) is 29.0 Å². The molecule has 2 bridgehead atoms. The van der Waals surface area contributed by atoms with E-state index in [1.165, 1.54) is 18.3 Å². The molecule has 0 fully saturated rings. The number of rotatable bonds is 3. The van der Waals surface area contributed by atoms with Gasteiger partial charge in [0.2, 0.25) is 5.72 Å². The van der Waals surface area contributed by atoms with Crippen LogP contribution in [0.5, 0.6) is 5.75 Å². The molecule has 0 spiro atoms. The molecule has 0 saturated carbocycles. The minimum atomic E-state index is -1.07. The van der Waals surface area contributed by atoms with Crippen molar-refractivity contribution < 1.29 is 13.9 Å². The van der Waals surface area contributed by atoms with Gasteiger partial charge in [-0.1, -0.05) is 57.6 Å². The summed E-state index contributed by atoms with van der Waals surface area (Å²) >= 11 is 4.72. The molecule has 2 aromatic carbocycles. The van der Waals surface area contributed by atoms with Crippen molar-refractivity contribution >= 4 is 39.1 Å². The number of ketones is 1. The third-order valence-corrected chi connectivity index (χ3v) is 7.86. The standard InChI is InChI=1S/C26H19BrN2O4S/c1-14(30)22-23-18-5-3-4-6-20(18)33-26(22,2)28-25-29(23)24(31)21(34-25)13-17-11-12-19(32-17)15-7-9-16(27)10-8-15/h3-13,22-23H,1-2H3/b21-13+/t22-,23+,26+/m0/s1. The fourth-order valence-electron chi connectivity index (χ4n) is 4.89. The summed E-state index contributed by atoms with van der Waals surface area (Å²) in [6.07, 6.45) is 1.73. The Kier molecular flexibility index (Phi) is 4.79. The number of halogens is 1. The van der Waals surface area contributed by atoms with Gasteiger partial charge in [0, 0.05) is 21.7 Å². The molecule has 8 heteroatoms. The molecule has 4 aromatic rings. The average Bonchev–Trinajstić information content (AvgIpc) is 3.37. The van der Waals surface area contributed by atoms with Crippen LogP contribution in [-0.4, -0.2) is 16.1 Å². The van der Waals surface area contributed by atoms with E-state index in [1.54, 1.807) is 10.6 Å². The molecule has 0 saturated heterocycles. The maximum absolute atomic E-state index is 13.6. The van der Waals surface area contributed by atoms with E-state index < -0.39 is 17.7 Å². The number of thiazole rings is 1. The summed E-state index contributed by atoms with van der Waals surface area (Å²) in [6, 6.07) is 18.6. The molecule has 0 amide bonds. The molecule has 2 aliphatic heterocycles. The van der Waals surface area contributed by atoms with Gasteiger partial charge in [0.25, 0.3) is 5.56 Å². The highest BCUT2D eigenvalue weighted by Crippen LogP contribution is 2.47. The lowest BCUT2D eigenvalue weighted by atomic mass is 9.79. The molecular formula is C26H19BrN2O4S. The van der Waals surface area contributed by atoms with Crippen molar-refractivity contribution in [2.24, 2.45) is 10.9 Å². The second-order valence-electron chi connectivity index (χ2n) is 8.62. The number of hydrogen-bond acceptors (Lipinski definition) is 6. The molecule has 34 heavy (non-hydrogen) atoms. The SMILES string of the molecule is CC(=O)[C@H]1[C@H]2c3ccccc3O[C@@]1(C)N=c1s/c(=C/c3ccc(-c4ccc(Br)cc4)o3)c(=O)n12. The highest BCUT2D eigenvalue weighted by molar-refractivity contribution is 9.10. The lowest BCUT2D eigenvalue weighted by Gasteiger charge is -2.45. The number of benzene rings is 2. The number of hydrogen-bond donors (Lipinski definition) is 0. The van der Waals surface area contributed by atoms with Crippen molar-refractivity contribution in [3.8, 4) is 17.1 Å². The monoisotopic (exact) mass is 534 g/mol. The molecular weight excluding hydrogens is 516 g/mol. The molecule has 0 unspecified atom stereocenters. The molecule has 170 valence electrons. The van der Waals surface area contributed by atoms with Crippen molar-refractivity contribution in [1.82, 2.24) is 4.57 Å². The van der Waals surface area contributed by atoms with E-state index in [2.05, 4.69) is 15.9 Å². The maximum atomic E-state index is 13.6. The molecule has 4 heterocycles. The number of furan rings is 1. The van der Waals surface area contributed by atoms with Crippen molar-refractivity contribution in [3.05, 3.63) is 96.1 Å². The summed E-state index contributed by atoms with van der Waals surface area (Å²) in [4.78, 5) is 31.6. The number of aromatic nitrogens is 1. The van der Waals surface area contributed by atoms with Gasteiger partial charge >= 0.3 is 0 Å². The number of Topliss-reactive ketones (excluding diaryl/α,β-unsaturated/α-hetero) is 1. The maximum Gasteiger partial charge on any atom is 0.271 e. The molecule has 0 aliphatic carbocycles. The van der Waals surface area contributed by atoms with Crippen LogP contribution in [0.1, 0.15) is 31.2 Å². The van der Waals surface area contributed by atoms with Crippen molar-refractivity contribution in [2.45, 2.75) is 25.6 Å². The van der Waals surface area contributed by atoms with Gasteiger partial charge in [-0.15, -0.1) is 0 Å². The van der Waals surface area contributed by atoms with Crippen molar-refractivity contribution in [1.29, 1.82) is 0 Å². The smallest absolute Gasteiger partial charge is 0.271 e. The highest BCUT2D eigenvalue weighted by Gasteiger charge is 2.53. The van der Waals surface area contributed by atoms with E-state index in [-0.39, 0.29) is 11.3 Å². The van der Waals surface area contributed by atoms with Gasteiger partial charge in [-0.05, 0) is 44.2 Å². The van der Waals surface area contributed by atoms with Crippen LogP contribution in [0.4, 0.5) is 0 Å². The fraction of sp³-hybridized carbons (Fsp3) is 0.192. The third-order valence-electron chi connectivity index (χ3n) is 6.35. The number of carbonyl (C=O) groups excluding carboxylic acids is 1. The van der Waals surface area contributed by atoms with Crippen LogP contribution in [0, 0.1) is 5.92 Å². The fourth-order valence-corrected chi connectivity index (χ4v) is 6.23. The Hall–Kier alpha value is -3.23. The molecule has 6 rings (SSSR count). The summed E-state index contributed by atoms with van der Waals surface area (Å²) in [6.45, 7) is 3.35. The minimum absolute atomic E-state index is 0.0646. The first-order chi connectivity index (χ1) is 16.3. The first-order valence-electron chi connectivity index (χ1n) is 10.8. The molecule has 3 atom stereocenters. The molecule has 2 aliphatic rings. The van der Waals surface area contributed by atoms with Crippen LogP contribution in [-0.2, 0) is 4.79 Å². The second kappa shape index (κ2) is 7.65. The van der Waals surface area contributed by atoms with Crippen LogP contribution >= 0.6 is 27.3 Å². The van der Waals surface area contributed by atoms with E-state index in [0.29, 0.717) is 26.6 Å². The predicted molar refractivity (Wildman–Crippen MR) is 133 cm³/mol. The van der Waals surface area contributed by atoms with Crippen LogP contribution in [0.25, 0.3) is 17.4 Å². The van der Waals surface area contributed by atoms with Crippen LogP contribution in [0.3, 0.4) is 0 Å². The van der Waals surface area contributed by atoms with Gasteiger partial charge in [0.05, 0.1) is 10.6 Å². The van der Waals surface area contributed by atoms with Gasteiger partial charge in [-0.3, -0.25) is 14.2 Å². The Labute approximate surface area is 207 Å². The van der Waals surface area contributed by atoms with Gasteiger partial charge in [0.15, 0.2) is 4.80 Å². The lowest BCUT2D eigenvalue weighted by Crippen LogP contribution is -2.58. The van der Waals surface area contributed by atoms with Gasteiger partial charge < -0.3 is 9.15 Å². The molecule has 0 N–H and O–H groups in total. The number of nitrogens with zero attached hydrogens (tertiary/aromatic N) is 2. The second-order valence-corrected chi connectivity index (χ2v) is 10.5. The summed E-state index contributed by atoms with van der Waals surface area (Å²) in [5.41, 5.74) is 0.497. The van der Waals surface area contributed by atoms with E-state index >= 15 is 0 Å². The first-order valence-corrected chi connectivity index (χ1v) is 12.4. The van der Waals surface area contributed by atoms with Crippen LogP contribution in [0.2, 0.25) is 0 Å². The number of ether oxygens (including phenoxy) is 1. The van der Waals surface area contributed by atoms with Crippen molar-refractivity contribution in [3.63, 3.8) is 0 Å². The van der Waals surface area contributed by atoms with Crippen LogP contribution in [0.15, 0.2) is 79.3 Å². The average molecular weight is 535 g/mol. The summed E-state index contributed by atoms with van der Waals surface area (Å²) in [5.74, 6) is 1.28. The molecule has 2 aromatic heterocycles. The Morgan fingerprint density at radius 3 is 2.68 bits per heavy atom. The third kappa shape index (κ3) is 3.24. The van der Waals surface area contributed by atoms with E-state index in [9.17, 15) is 9.59 Å². The summed E-state index contributed by atoms with van der Waals surface area (Å²) < 4.78 is 15.3. The topological polar surface area (TPSA) is 73.8 Å². The number of para-hydroxylation sites is 1. The van der Waals surface area contributed by atoms with Crippen LogP contribution < -0.4 is 19.6 Å². The zero-order valence-electron chi connectivity index (χ0n) is 18.3. The molecule has 0 radical (unpaired) electrons. The zero-order valence-corrected chi connectivity index (χ0v) is 20.7. The number of fused-ring (bicyclic) bond motifs is 6. The largest absolute Gasteiger partial charge is 0.465 e.